The minimum Gasteiger partial charge on any atom is -0.494 e. The van der Waals surface area contributed by atoms with Crippen molar-refractivity contribution in [3.8, 4) is 5.75 Å². The number of nitrogens with one attached hydrogen (secondary N) is 2. The summed E-state index contributed by atoms with van der Waals surface area (Å²) in [5.41, 5.74) is 1.99. The summed E-state index contributed by atoms with van der Waals surface area (Å²) in [7, 11) is 0. The summed E-state index contributed by atoms with van der Waals surface area (Å²) >= 11 is 1.33. The van der Waals surface area contributed by atoms with Crippen LogP contribution in [-0.2, 0) is 9.53 Å². The second-order valence-corrected chi connectivity index (χ2v) is 6.98. The first-order chi connectivity index (χ1) is 13.6. The van der Waals surface area contributed by atoms with Gasteiger partial charge in [-0.3, -0.25) is 10.1 Å². The molecule has 2 N–H and O–H groups in total. The Morgan fingerprint density at radius 1 is 1.21 bits per heavy atom. The summed E-state index contributed by atoms with van der Waals surface area (Å²) < 4.78 is 11.5. The molecule has 2 aromatic carbocycles. The van der Waals surface area contributed by atoms with Crippen LogP contribution in [0.4, 0.5) is 5.13 Å². The van der Waals surface area contributed by atoms with Crippen LogP contribution in [0.15, 0.2) is 48.7 Å². The van der Waals surface area contributed by atoms with Gasteiger partial charge in [-0.1, -0.05) is 29.5 Å². The first-order valence-corrected chi connectivity index (χ1v) is 9.52. The number of para-hydroxylation sites is 1. The van der Waals surface area contributed by atoms with E-state index in [2.05, 4.69) is 15.3 Å². The lowest BCUT2D eigenvalue weighted by molar-refractivity contribution is -0.119. The van der Waals surface area contributed by atoms with Crippen molar-refractivity contribution in [2.45, 2.75) is 6.92 Å². The van der Waals surface area contributed by atoms with Crippen LogP contribution in [0.3, 0.4) is 0 Å². The fourth-order valence-corrected chi connectivity index (χ4v) is 3.73. The number of carbonyl (C=O) groups is 2. The number of aromatic amines is 1. The molecule has 0 saturated heterocycles. The quantitative estimate of drug-likeness (QED) is 0.482. The van der Waals surface area contributed by atoms with E-state index in [1.54, 1.807) is 6.20 Å². The van der Waals surface area contributed by atoms with Crippen molar-refractivity contribution in [2.75, 3.05) is 18.5 Å². The number of esters is 1. The van der Waals surface area contributed by atoms with Crippen LogP contribution in [0, 0.1) is 0 Å². The van der Waals surface area contributed by atoms with Gasteiger partial charge in [0.2, 0.25) is 0 Å². The first kappa shape index (κ1) is 18.0. The maximum absolute atomic E-state index is 12.3. The van der Waals surface area contributed by atoms with E-state index in [0.29, 0.717) is 17.3 Å². The van der Waals surface area contributed by atoms with Crippen molar-refractivity contribution >= 4 is 49.5 Å². The van der Waals surface area contributed by atoms with Crippen LogP contribution in [0.5, 0.6) is 5.75 Å². The number of rotatable bonds is 6. The van der Waals surface area contributed by atoms with E-state index < -0.39 is 18.5 Å². The molecule has 0 atom stereocenters. The number of ether oxygens (including phenoxy) is 2. The average molecular weight is 395 g/mol. The van der Waals surface area contributed by atoms with Crippen molar-refractivity contribution in [2.24, 2.45) is 0 Å². The summed E-state index contributed by atoms with van der Waals surface area (Å²) in [6.07, 6.45) is 1.58. The van der Waals surface area contributed by atoms with Crippen molar-refractivity contribution in [3.63, 3.8) is 0 Å². The fourth-order valence-electron chi connectivity index (χ4n) is 2.82. The Morgan fingerprint density at radius 3 is 2.93 bits per heavy atom. The summed E-state index contributed by atoms with van der Waals surface area (Å²) in [6, 6.07) is 12.9. The summed E-state index contributed by atoms with van der Waals surface area (Å²) in [6.45, 7) is 2.11. The molecule has 0 aliphatic carbocycles. The first-order valence-electron chi connectivity index (χ1n) is 8.70. The number of benzene rings is 2. The standard InChI is InChI=1S/C20H17N3O4S/c1-2-26-12-7-8-16-17(9-12)28-20(22-16)23-18(24)11-27-19(25)14-10-21-15-6-4-3-5-13(14)15/h3-10,21H,2,11H2,1H3,(H,22,23,24). The molecule has 2 aromatic heterocycles. The fraction of sp³-hybridized carbons (Fsp3) is 0.150. The van der Waals surface area contributed by atoms with Crippen LogP contribution < -0.4 is 10.1 Å². The molecule has 142 valence electrons. The van der Waals surface area contributed by atoms with Gasteiger partial charge in [0.25, 0.3) is 5.91 Å². The maximum atomic E-state index is 12.3. The van der Waals surface area contributed by atoms with Gasteiger partial charge in [-0.2, -0.15) is 0 Å². The Labute approximate surface area is 164 Å². The molecule has 0 spiro atoms. The lowest BCUT2D eigenvalue weighted by Gasteiger charge is -2.03. The molecule has 4 rings (SSSR count). The zero-order valence-corrected chi connectivity index (χ0v) is 15.8. The number of hydrogen-bond donors (Lipinski definition) is 2. The van der Waals surface area contributed by atoms with Crippen LogP contribution in [0.2, 0.25) is 0 Å². The summed E-state index contributed by atoms with van der Waals surface area (Å²) in [5.74, 6) is -0.250. The number of amides is 1. The van der Waals surface area contributed by atoms with E-state index in [4.69, 9.17) is 9.47 Å². The van der Waals surface area contributed by atoms with E-state index in [-0.39, 0.29) is 0 Å². The summed E-state index contributed by atoms with van der Waals surface area (Å²) in [5, 5.41) is 3.86. The number of hydrogen-bond acceptors (Lipinski definition) is 6. The number of nitrogens with zero attached hydrogens (tertiary/aromatic N) is 1. The Morgan fingerprint density at radius 2 is 2.07 bits per heavy atom. The van der Waals surface area contributed by atoms with E-state index in [1.165, 1.54) is 11.3 Å². The van der Waals surface area contributed by atoms with Crippen molar-refractivity contribution in [3.05, 3.63) is 54.2 Å². The molecule has 0 unspecified atom stereocenters. The van der Waals surface area contributed by atoms with Gasteiger partial charge in [0.1, 0.15) is 5.75 Å². The van der Waals surface area contributed by atoms with Gasteiger partial charge in [0.15, 0.2) is 11.7 Å². The highest BCUT2D eigenvalue weighted by Crippen LogP contribution is 2.29. The van der Waals surface area contributed by atoms with Gasteiger partial charge >= 0.3 is 5.97 Å². The van der Waals surface area contributed by atoms with E-state index in [9.17, 15) is 9.59 Å². The second kappa shape index (κ2) is 7.69. The van der Waals surface area contributed by atoms with Crippen LogP contribution in [-0.4, -0.2) is 35.1 Å². The van der Waals surface area contributed by atoms with E-state index >= 15 is 0 Å². The Balaban J connectivity index is 1.39. The lowest BCUT2D eigenvalue weighted by atomic mass is 10.2. The molecule has 0 fully saturated rings. The smallest absolute Gasteiger partial charge is 0.340 e. The summed E-state index contributed by atoms with van der Waals surface area (Å²) in [4.78, 5) is 31.8. The molecule has 1 amide bonds. The molecule has 8 heteroatoms. The predicted octanol–water partition coefficient (Wildman–Crippen LogP) is 3.97. The molecule has 0 radical (unpaired) electrons. The van der Waals surface area contributed by atoms with Gasteiger partial charge in [-0.15, -0.1) is 0 Å². The van der Waals surface area contributed by atoms with Gasteiger partial charge in [-0.05, 0) is 31.2 Å². The lowest BCUT2D eigenvalue weighted by Crippen LogP contribution is -2.20. The van der Waals surface area contributed by atoms with Crippen molar-refractivity contribution in [1.82, 2.24) is 9.97 Å². The average Bonchev–Trinajstić information content (AvgIpc) is 3.29. The molecule has 2 heterocycles. The molecular formula is C20H17N3O4S. The third kappa shape index (κ3) is 3.67. The number of anilines is 1. The normalized spacial score (nSPS) is 10.9. The number of aromatic nitrogens is 2. The second-order valence-electron chi connectivity index (χ2n) is 5.95. The molecule has 28 heavy (non-hydrogen) atoms. The number of thiazole rings is 1. The van der Waals surface area contributed by atoms with Crippen LogP contribution >= 0.6 is 11.3 Å². The molecule has 7 nitrogen and oxygen atoms in total. The molecule has 0 aliphatic heterocycles. The van der Waals surface area contributed by atoms with Crippen LogP contribution in [0.1, 0.15) is 17.3 Å². The van der Waals surface area contributed by atoms with Crippen LogP contribution in [0.25, 0.3) is 21.1 Å². The SMILES string of the molecule is CCOc1ccc2nc(NC(=O)COC(=O)c3c[nH]c4ccccc34)sc2c1. The van der Waals surface area contributed by atoms with Gasteiger partial charge in [0.05, 0.1) is 22.4 Å². The van der Waals surface area contributed by atoms with E-state index in [1.807, 2.05) is 49.4 Å². The maximum Gasteiger partial charge on any atom is 0.340 e. The Hall–Kier alpha value is -3.39. The molecule has 0 aliphatic rings. The highest BCUT2D eigenvalue weighted by Gasteiger charge is 2.15. The number of carbonyl (C=O) groups excluding carboxylic acids is 2. The Bertz CT molecular complexity index is 1160. The molecule has 0 saturated carbocycles. The Kier molecular flexibility index (Phi) is 4.94. The van der Waals surface area contributed by atoms with Crippen molar-refractivity contribution in [1.29, 1.82) is 0 Å². The van der Waals surface area contributed by atoms with Gasteiger partial charge in [0, 0.05) is 17.1 Å². The zero-order chi connectivity index (χ0) is 19.5. The van der Waals surface area contributed by atoms with Gasteiger partial charge in [-0.25, -0.2) is 9.78 Å². The minimum atomic E-state index is -0.557. The monoisotopic (exact) mass is 395 g/mol. The molecular weight excluding hydrogens is 378 g/mol. The molecule has 4 aromatic rings. The highest BCUT2D eigenvalue weighted by atomic mass is 32.1. The predicted molar refractivity (Wildman–Crippen MR) is 108 cm³/mol. The zero-order valence-electron chi connectivity index (χ0n) is 15.0. The highest BCUT2D eigenvalue weighted by molar-refractivity contribution is 7.22. The topological polar surface area (TPSA) is 93.3 Å². The third-order valence-electron chi connectivity index (χ3n) is 4.06. The number of H-pyrrole nitrogens is 1. The molecule has 0 bridgehead atoms. The largest absolute Gasteiger partial charge is 0.494 e. The third-order valence-corrected chi connectivity index (χ3v) is 4.99. The minimum absolute atomic E-state index is 0.390. The van der Waals surface area contributed by atoms with Crippen molar-refractivity contribution < 1.29 is 19.1 Å². The van der Waals surface area contributed by atoms with Gasteiger partial charge < -0.3 is 14.5 Å². The number of fused-ring (bicyclic) bond motifs is 2. The van der Waals surface area contributed by atoms with E-state index in [0.717, 1.165) is 26.9 Å².